The summed E-state index contributed by atoms with van der Waals surface area (Å²) in [5, 5.41) is 0. The first-order valence-corrected chi connectivity index (χ1v) is 6.36. The molecule has 0 aliphatic heterocycles. The molecule has 0 aliphatic carbocycles. The van der Waals surface area contributed by atoms with Crippen LogP contribution in [0.15, 0.2) is 24.3 Å². The van der Waals surface area contributed by atoms with Gasteiger partial charge in [0.15, 0.2) is 0 Å². The summed E-state index contributed by atoms with van der Waals surface area (Å²) in [6.07, 6.45) is 0.721. The van der Waals surface area contributed by atoms with Crippen LogP contribution in [0.2, 0.25) is 0 Å². The monoisotopic (exact) mass is 263 g/mol. The molecule has 0 fully saturated rings. The number of primary amides is 1. The Labute approximate surface area is 113 Å². The number of rotatable bonds is 6. The zero-order chi connectivity index (χ0) is 14.4. The van der Waals surface area contributed by atoms with Gasteiger partial charge in [-0.1, -0.05) is 32.0 Å². The number of para-hydroxylation sites is 1. The van der Waals surface area contributed by atoms with Crippen molar-refractivity contribution in [3.63, 3.8) is 0 Å². The number of anilines is 1. The lowest BCUT2D eigenvalue weighted by Crippen LogP contribution is -2.40. The van der Waals surface area contributed by atoms with E-state index in [2.05, 4.69) is 0 Å². The summed E-state index contributed by atoms with van der Waals surface area (Å²) >= 11 is 0. The van der Waals surface area contributed by atoms with Crippen molar-refractivity contribution in [1.29, 1.82) is 0 Å². The number of carbonyl (C=O) groups is 2. The first kappa shape index (κ1) is 15.0. The quantitative estimate of drug-likeness (QED) is 0.754. The molecule has 1 aromatic rings. The Balaban J connectivity index is 2.89. The fourth-order valence-corrected chi connectivity index (χ4v) is 1.77. The molecule has 1 rings (SSSR count). The second kappa shape index (κ2) is 6.78. The van der Waals surface area contributed by atoms with Crippen molar-refractivity contribution in [1.82, 2.24) is 4.90 Å². The minimum atomic E-state index is -0.522. The highest BCUT2D eigenvalue weighted by Gasteiger charge is 2.21. The van der Waals surface area contributed by atoms with Gasteiger partial charge in [0.25, 0.3) is 0 Å². The van der Waals surface area contributed by atoms with Crippen molar-refractivity contribution in [2.45, 2.75) is 26.8 Å². The second-order valence-corrected chi connectivity index (χ2v) is 4.67. The highest BCUT2D eigenvalue weighted by atomic mass is 16.2. The molecule has 4 N–H and O–H groups in total. The molecule has 0 bridgehead atoms. The first-order valence-electron chi connectivity index (χ1n) is 6.36. The molecule has 1 atom stereocenters. The van der Waals surface area contributed by atoms with Gasteiger partial charge in [-0.25, -0.2) is 0 Å². The fraction of sp³-hybridized carbons (Fsp3) is 0.429. The predicted molar refractivity (Wildman–Crippen MR) is 74.9 cm³/mol. The normalized spacial score (nSPS) is 11.9. The molecule has 0 heterocycles. The molecule has 0 radical (unpaired) electrons. The lowest BCUT2D eigenvalue weighted by atomic mass is 10.1. The lowest BCUT2D eigenvalue weighted by molar-refractivity contribution is -0.139. The number of hydrogen-bond acceptors (Lipinski definition) is 3. The van der Waals surface area contributed by atoms with E-state index in [9.17, 15) is 9.59 Å². The van der Waals surface area contributed by atoms with Crippen LogP contribution in [-0.4, -0.2) is 23.3 Å². The standard InChI is InChI=1S/C14H21N3O2/c1-3-10(2)14(19)17(9-13(16)18)8-11-6-4-5-7-12(11)15/h4-7,10H,3,8-9,15H2,1-2H3,(H2,16,18). The van der Waals surface area contributed by atoms with E-state index in [1.807, 2.05) is 32.0 Å². The molecule has 0 spiro atoms. The van der Waals surface area contributed by atoms with Gasteiger partial charge in [0.1, 0.15) is 0 Å². The van der Waals surface area contributed by atoms with E-state index >= 15 is 0 Å². The van der Waals surface area contributed by atoms with Crippen LogP contribution in [0.4, 0.5) is 5.69 Å². The molecule has 1 aromatic carbocycles. The van der Waals surface area contributed by atoms with Crippen molar-refractivity contribution in [3.05, 3.63) is 29.8 Å². The molecular formula is C14H21N3O2. The second-order valence-electron chi connectivity index (χ2n) is 4.67. The molecule has 0 aromatic heterocycles. The smallest absolute Gasteiger partial charge is 0.237 e. The molecule has 0 aliphatic rings. The van der Waals surface area contributed by atoms with E-state index in [0.717, 1.165) is 12.0 Å². The maximum absolute atomic E-state index is 12.2. The van der Waals surface area contributed by atoms with Crippen molar-refractivity contribution in [2.75, 3.05) is 12.3 Å². The summed E-state index contributed by atoms with van der Waals surface area (Å²) in [7, 11) is 0. The van der Waals surface area contributed by atoms with E-state index in [-0.39, 0.29) is 18.4 Å². The maximum atomic E-state index is 12.2. The number of benzene rings is 1. The Morgan fingerprint density at radius 1 is 1.32 bits per heavy atom. The molecular weight excluding hydrogens is 242 g/mol. The number of nitrogen functional groups attached to an aromatic ring is 1. The maximum Gasteiger partial charge on any atom is 0.237 e. The Morgan fingerprint density at radius 2 is 1.95 bits per heavy atom. The number of nitrogens with two attached hydrogens (primary N) is 2. The van der Waals surface area contributed by atoms with Crippen LogP contribution < -0.4 is 11.5 Å². The third-order valence-corrected chi connectivity index (χ3v) is 3.11. The van der Waals surface area contributed by atoms with Gasteiger partial charge in [0.2, 0.25) is 11.8 Å². The van der Waals surface area contributed by atoms with Gasteiger partial charge in [-0.05, 0) is 18.1 Å². The number of nitrogens with zero attached hydrogens (tertiary/aromatic N) is 1. The van der Waals surface area contributed by atoms with Crippen LogP contribution in [-0.2, 0) is 16.1 Å². The number of carbonyl (C=O) groups excluding carboxylic acids is 2. The number of amides is 2. The molecule has 2 amide bonds. The zero-order valence-corrected chi connectivity index (χ0v) is 11.4. The topological polar surface area (TPSA) is 89.4 Å². The molecule has 5 nitrogen and oxygen atoms in total. The molecule has 19 heavy (non-hydrogen) atoms. The van der Waals surface area contributed by atoms with Gasteiger partial charge in [0.05, 0.1) is 6.54 Å². The van der Waals surface area contributed by atoms with E-state index in [0.29, 0.717) is 12.2 Å². The highest BCUT2D eigenvalue weighted by molar-refractivity contribution is 5.85. The van der Waals surface area contributed by atoms with E-state index in [4.69, 9.17) is 11.5 Å². The van der Waals surface area contributed by atoms with Crippen LogP contribution in [0.3, 0.4) is 0 Å². The zero-order valence-electron chi connectivity index (χ0n) is 11.4. The number of hydrogen-bond donors (Lipinski definition) is 2. The lowest BCUT2D eigenvalue weighted by Gasteiger charge is -2.24. The summed E-state index contributed by atoms with van der Waals surface area (Å²) in [6.45, 7) is 3.99. The van der Waals surface area contributed by atoms with Crippen LogP contribution in [0.25, 0.3) is 0 Å². The average Bonchev–Trinajstić information content (AvgIpc) is 2.38. The summed E-state index contributed by atoms with van der Waals surface area (Å²) < 4.78 is 0. The Morgan fingerprint density at radius 3 is 2.47 bits per heavy atom. The molecule has 0 saturated carbocycles. The van der Waals surface area contributed by atoms with Gasteiger partial charge < -0.3 is 16.4 Å². The first-order chi connectivity index (χ1) is 8.95. The van der Waals surface area contributed by atoms with Gasteiger partial charge >= 0.3 is 0 Å². The van der Waals surface area contributed by atoms with Crippen molar-refractivity contribution in [2.24, 2.45) is 11.7 Å². The van der Waals surface area contributed by atoms with E-state index in [1.54, 1.807) is 6.07 Å². The highest BCUT2D eigenvalue weighted by Crippen LogP contribution is 2.16. The summed E-state index contributed by atoms with van der Waals surface area (Å²) in [6, 6.07) is 7.29. The minimum Gasteiger partial charge on any atom is -0.398 e. The third kappa shape index (κ3) is 4.28. The SMILES string of the molecule is CCC(C)C(=O)N(CC(N)=O)Cc1ccccc1N. The third-order valence-electron chi connectivity index (χ3n) is 3.11. The summed E-state index contributed by atoms with van der Waals surface area (Å²) in [5.74, 6) is -0.736. The predicted octanol–water partition coefficient (Wildman–Crippen LogP) is 1.13. The Bertz CT molecular complexity index is 460. The van der Waals surface area contributed by atoms with Gasteiger partial charge in [-0.3, -0.25) is 9.59 Å². The minimum absolute atomic E-state index is 0.0791. The van der Waals surface area contributed by atoms with Crippen molar-refractivity contribution >= 4 is 17.5 Å². The van der Waals surface area contributed by atoms with Crippen LogP contribution in [0, 0.1) is 5.92 Å². The summed E-state index contributed by atoms with van der Waals surface area (Å²) in [4.78, 5) is 24.8. The van der Waals surface area contributed by atoms with Crippen LogP contribution >= 0.6 is 0 Å². The molecule has 5 heteroatoms. The van der Waals surface area contributed by atoms with Crippen LogP contribution in [0.5, 0.6) is 0 Å². The van der Waals surface area contributed by atoms with Crippen LogP contribution in [0.1, 0.15) is 25.8 Å². The average molecular weight is 263 g/mol. The summed E-state index contributed by atoms with van der Waals surface area (Å²) in [5.41, 5.74) is 12.5. The van der Waals surface area contributed by atoms with Gasteiger partial charge in [0, 0.05) is 18.2 Å². The molecule has 0 saturated heterocycles. The van der Waals surface area contributed by atoms with Gasteiger partial charge in [-0.2, -0.15) is 0 Å². The van der Waals surface area contributed by atoms with Gasteiger partial charge in [-0.15, -0.1) is 0 Å². The van der Waals surface area contributed by atoms with Crippen molar-refractivity contribution in [3.8, 4) is 0 Å². The van der Waals surface area contributed by atoms with E-state index in [1.165, 1.54) is 4.90 Å². The Hall–Kier alpha value is -2.04. The molecule has 104 valence electrons. The Kier molecular flexibility index (Phi) is 5.36. The largest absolute Gasteiger partial charge is 0.398 e. The van der Waals surface area contributed by atoms with Crippen molar-refractivity contribution < 1.29 is 9.59 Å². The van der Waals surface area contributed by atoms with E-state index < -0.39 is 5.91 Å². The molecule has 1 unspecified atom stereocenters. The fourth-order valence-electron chi connectivity index (χ4n) is 1.77.